The first-order chi connectivity index (χ1) is 16.5. The summed E-state index contributed by atoms with van der Waals surface area (Å²) < 4.78 is 14.0. The van der Waals surface area contributed by atoms with Gasteiger partial charge in [-0.2, -0.15) is 5.10 Å². The van der Waals surface area contributed by atoms with E-state index < -0.39 is 5.60 Å². The zero-order chi connectivity index (χ0) is 25.0. The van der Waals surface area contributed by atoms with Crippen LogP contribution < -0.4 is 9.47 Å². The number of amides is 1. The Balaban J connectivity index is 1.37. The molecule has 3 aromatic rings. The smallest absolute Gasteiger partial charge is 0.254 e. The van der Waals surface area contributed by atoms with E-state index in [-0.39, 0.29) is 29.8 Å². The van der Waals surface area contributed by atoms with Crippen molar-refractivity contribution in [1.29, 1.82) is 0 Å². The van der Waals surface area contributed by atoms with Crippen LogP contribution in [0.5, 0.6) is 11.6 Å². The molecule has 2 aliphatic heterocycles. The number of carbonyl (C=O) groups excluding carboxylic acids is 2. The number of likely N-dealkylation sites (tertiary alicyclic amines) is 1. The molecule has 35 heavy (non-hydrogen) atoms. The summed E-state index contributed by atoms with van der Waals surface area (Å²) in [5.41, 5.74) is 0.877. The molecule has 2 aliphatic rings. The highest BCUT2D eigenvalue weighted by molar-refractivity contribution is 6.06. The van der Waals surface area contributed by atoms with Gasteiger partial charge < -0.3 is 14.4 Å². The Kier molecular flexibility index (Phi) is 5.57. The molecule has 184 valence electrons. The number of hydrogen-bond acceptors (Lipinski definition) is 6. The molecule has 5 rings (SSSR count). The van der Waals surface area contributed by atoms with E-state index in [2.05, 4.69) is 10.1 Å². The minimum atomic E-state index is -0.598. The molecule has 0 aliphatic carbocycles. The fourth-order valence-corrected chi connectivity index (χ4v) is 4.81. The second-order valence-corrected chi connectivity index (χ2v) is 10.8. The van der Waals surface area contributed by atoms with Crippen LogP contribution in [-0.4, -0.2) is 56.1 Å². The van der Waals surface area contributed by atoms with Crippen LogP contribution in [-0.2, 0) is 5.54 Å². The van der Waals surface area contributed by atoms with Crippen molar-refractivity contribution >= 4 is 22.6 Å². The maximum Gasteiger partial charge on any atom is 0.254 e. The first-order valence-electron chi connectivity index (χ1n) is 12.2. The molecule has 0 unspecified atom stereocenters. The SMILES string of the molecule is CC(C)Oc1cc(C(=O)N2CCC3(CC2)CC(=O)c2nn(C(C)(C)C)cc2O3)c2ccccc2n1. The molecular weight excluding hydrogens is 444 g/mol. The monoisotopic (exact) mass is 476 g/mol. The van der Waals surface area contributed by atoms with Crippen molar-refractivity contribution in [1.82, 2.24) is 19.7 Å². The lowest BCUT2D eigenvalue weighted by Crippen LogP contribution is -2.52. The largest absolute Gasteiger partial charge is 0.483 e. The van der Waals surface area contributed by atoms with Crippen LogP contribution >= 0.6 is 0 Å². The lowest BCUT2D eigenvalue weighted by atomic mass is 9.83. The second kappa shape index (κ2) is 8.36. The van der Waals surface area contributed by atoms with Gasteiger partial charge in [0.1, 0.15) is 5.60 Å². The molecule has 1 spiro atoms. The van der Waals surface area contributed by atoms with Crippen LogP contribution in [0.2, 0.25) is 0 Å². The molecule has 0 atom stereocenters. The highest BCUT2D eigenvalue weighted by Crippen LogP contribution is 2.40. The minimum absolute atomic E-state index is 0.00429. The predicted octanol–water partition coefficient (Wildman–Crippen LogP) is 4.61. The zero-order valence-corrected chi connectivity index (χ0v) is 21.0. The van der Waals surface area contributed by atoms with Gasteiger partial charge in [0, 0.05) is 37.4 Å². The Labute approximate surface area is 205 Å². The van der Waals surface area contributed by atoms with Crippen LogP contribution in [0.3, 0.4) is 0 Å². The Morgan fingerprint density at radius 3 is 2.57 bits per heavy atom. The summed E-state index contributed by atoms with van der Waals surface area (Å²) in [6.07, 6.45) is 3.24. The van der Waals surface area contributed by atoms with Gasteiger partial charge in [0.25, 0.3) is 5.91 Å². The zero-order valence-electron chi connectivity index (χ0n) is 21.0. The molecule has 8 heteroatoms. The summed E-state index contributed by atoms with van der Waals surface area (Å²) in [5.74, 6) is 0.937. The average Bonchev–Trinajstić information content (AvgIpc) is 3.23. The van der Waals surface area contributed by atoms with Gasteiger partial charge in [0.05, 0.1) is 35.3 Å². The molecule has 0 bridgehead atoms. The van der Waals surface area contributed by atoms with E-state index >= 15 is 0 Å². The maximum atomic E-state index is 13.6. The van der Waals surface area contributed by atoms with Crippen molar-refractivity contribution in [3.63, 3.8) is 0 Å². The van der Waals surface area contributed by atoms with Crippen LogP contribution in [0.4, 0.5) is 0 Å². The maximum absolute atomic E-state index is 13.6. The summed E-state index contributed by atoms with van der Waals surface area (Å²) in [6.45, 7) is 11.0. The van der Waals surface area contributed by atoms with Gasteiger partial charge in [0.15, 0.2) is 17.2 Å². The molecule has 0 saturated carbocycles. The van der Waals surface area contributed by atoms with Crippen LogP contribution in [0.15, 0.2) is 36.5 Å². The second-order valence-electron chi connectivity index (χ2n) is 10.8. The lowest BCUT2D eigenvalue weighted by molar-refractivity contribution is -0.00583. The van der Waals surface area contributed by atoms with E-state index in [9.17, 15) is 9.59 Å². The number of piperidine rings is 1. The van der Waals surface area contributed by atoms with Crippen LogP contribution in [0.1, 0.15) is 74.7 Å². The van der Waals surface area contributed by atoms with Crippen molar-refractivity contribution in [2.75, 3.05) is 13.1 Å². The van der Waals surface area contributed by atoms with E-state index in [0.29, 0.717) is 48.8 Å². The quantitative estimate of drug-likeness (QED) is 0.549. The van der Waals surface area contributed by atoms with E-state index in [1.165, 1.54) is 0 Å². The van der Waals surface area contributed by atoms with Gasteiger partial charge in [-0.15, -0.1) is 0 Å². The number of Topliss-reactive ketones (excluding diaryl/α,β-unsaturated/α-hetero) is 1. The number of rotatable bonds is 3. The third kappa shape index (κ3) is 4.37. The number of para-hydroxylation sites is 1. The van der Waals surface area contributed by atoms with Gasteiger partial charge >= 0.3 is 0 Å². The van der Waals surface area contributed by atoms with Gasteiger partial charge in [-0.1, -0.05) is 18.2 Å². The van der Waals surface area contributed by atoms with Crippen LogP contribution in [0.25, 0.3) is 10.9 Å². The number of benzene rings is 1. The highest BCUT2D eigenvalue weighted by Gasteiger charge is 2.45. The molecule has 1 fully saturated rings. The Bertz CT molecular complexity index is 1300. The van der Waals surface area contributed by atoms with E-state index in [1.54, 1.807) is 10.7 Å². The first-order valence-corrected chi connectivity index (χ1v) is 12.2. The van der Waals surface area contributed by atoms with Crippen molar-refractivity contribution in [2.24, 2.45) is 0 Å². The number of aromatic nitrogens is 3. The molecule has 8 nitrogen and oxygen atoms in total. The molecule has 1 amide bonds. The third-order valence-electron chi connectivity index (χ3n) is 6.68. The molecule has 4 heterocycles. The fraction of sp³-hybridized carbons (Fsp3) is 0.481. The number of nitrogens with zero attached hydrogens (tertiary/aromatic N) is 4. The molecule has 2 aromatic heterocycles. The van der Waals surface area contributed by atoms with E-state index in [1.807, 2.05) is 70.0 Å². The summed E-state index contributed by atoms with van der Waals surface area (Å²) in [5, 5.41) is 5.28. The van der Waals surface area contributed by atoms with Crippen molar-refractivity contribution in [3.8, 4) is 11.6 Å². The number of fused-ring (bicyclic) bond motifs is 2. The number of ether oxygens (including phenoxy) is 2. The molecule has 1 aromatic carbocycles. The molecule has 0 N–H and O–H groups in total. The van der Waals surface area contributed by atoms with Crippen molar-refractivity contribution < 1.29 is 19.1 Å². The number of carbonyl (C=O) groups is 2. The summed E-state index contributed by atoms with van der Waals surface area (Å²) in [7, 11) is 0. The van der Waals surface area contributed by atoms with Gasteiger partial charge in [-0.25, -0.2) is 4.98 Å². The molecule has 1 saturated heterocycles. The van der Waals surface area contributed by atoms with E-state index in [4.69, 9.17) is 9.47 Å². The van der Waals surface area contributed by atoms with Gasteiger partial charge in [0.2, 0.25) is 5.88 Å². The summed E-state index contributed by atoms with van der Waals surface area (Å²) >= 11 is 0. The number of pyridine rings is 1. The standard InChI is InChI=1S/C27H32N4O4/c1-17(2)34-23-14-19(18-8-6-7-9-20(18)28-23)25(33)30-12-10-27(11-13-30)15-21(32)24-22(35-27)16-31(29-24)26(3,4)5/h6-9,14,16-17H,10-13,15H2,1-5H3. The third-order valence-corrected chi connectivity index (χ3v) is 6.68. The predicted molar refractivity (Wildman–Crippen MR) is 132 cm³/mol. The summed E-state index contributed by atoms with van der Waals surface area (Å²) in [6, 6.07) is 9.36. The average molecular weight is 477 g/mol. The summed E-state index contributed by atoms with van der Waals surface area (Å²) in [4.78, 5) is 33.0. The minimum Gasteiger partial charge on any atom is -0.483 e. The van der Waals surface area contributed by atoms with Crippen LogP contribution in [0, 0.1) is 0 Å². The van der Waals surface area contributed by atoms with Gasteiger partial charge in [-0.05, 0) is 40.7 Å². The van der Waals surface area contributed by atoms with Crippen molar-refractivity contribution in [2.45, 2.75) is 71.1 Å². The Morgan fingerprint density at radius 1 is 1.17 bits per heavy atom. The number of hydrogen-bond donors (Lipinski definition) is 0. The lowest BCUT2D eigenvalue weighted by Gasteiger charge is -2.43. The fourth-order valence-electron chi connectivity index (χ4n) is 4.81. The molecule has 0 radical (unpaired) electrons. The normalized spacial score (nSPS) is 17.5. The Hall–Kier alpha value is -3.42. The Morgan fingerprint density at radius 2 is 1.89 bits per heavy atom. The first kappa shape index (κ1) is 23.3. The van der Waals surface area contributed by atoms with E-state index in [0.717, 1.165) is 10.9 Å². The highest BCUT2D eigenvalue weighted by atomic mass is 16.5. The molecular formula is C27H32N4O4. The number of ketones is 1. The topological polar surface area (TPSA) is 86.6 Å². The van der Waals surface area contributed by atoms with Crippen molar-refractivity contribution in [3.05, 3.63) is 47.8 Å². The van der Waals surface area contributed by atoms with Gasteiger partial charge in [-0.3, -0.25) is 14.3 Å².